The molecule has 0 radical (unpaired) electrons. The number of anilines is 1. The lowest BCUT2D eigenvalue weighted by atomic mass is 10.0. The SMILES string of the molecule is CCc1nnc(NCCc2cn3c(n2)CCCC3)c(C#N)c1CC. The van der Waals surface area contributed by atoms with Crippen LogP contribution in [-0.4, -0.2) is 26.3 Å². The molecule has 0 spiro atoms. The topological polar surface area (TPSA) is 79.4 Å². The van der Waals surface area contributed by atoms with E-state index in [2.05, 4.69) is 39.3 Å². The molecular formula is C18H24N6. The molecule has 1 N–H and O–H groups in total. The molecule has 126 valence electrons. The van der Waals surface area contributed by atoms with Crippen LogP contribution in [0, 0.1) is 11.3 Å². The molecule has 0 saturated carbocycles. The molecule has 0 aromatic carbocycles. The molecule has 3 rings (SSSR count). The van der Waals surface area contributed by atoms with Crippen LogP contribution in [-0.2, 0) is 32.2 Å². The van der Waals surface area contributed by atoms with Gasteiger partial charge in [0, 0.05) is 32.1 Å². The van der Waals surface area contributed by atoms with Crippen molar-refractivity contribution in [3.8, 4) is 6.07 Å². The summed E-state index contributed by atoms with van der Waals surface area (Å²) in [6, 6.07) is 2.29. The number of hydrogen-bond donors (Lipinski definition) is 1. The number of nitriles is 1. The fourth-order valence-corrected chi connectivity index (χ4v) is 3.32. The van der Waals surface area contributed by atoms with Gasteiger partial charge in [0.25, 0.3) is 0 Å². The Bertz CT molecular complexity index is 732. The highest BCUT2D eigenvalue weighted by Gasteiger charge is 2.15. The van der Waals surface area contributed by atoms with Gasteiger partial charge in [0.15, 0.2) is 5.82 Å². The van der Waals surface area contributed by atoms with Gasteiger partial charge in [-0.3, -0.25) is 0 Å². The largest absolute Gasteiger partial charge is 0.367 e. The molecule has 0 fully saturated rings. The van der Waals surface area contributed by atoms with Crippen LogP contribution in [0.25, 0.3) is 0 Å². The number of aryl methyl sites for hydroxylation is 3. The van der Waals surface area contributed by atoms with Crippen LogP contribution in [0.3, 0.4) is 0 Å². The number of imidazole rings is 1. The minimum Gasteiger partial charge on any atom is -0.367 e. The summed E-state index contributed by atoms with van der Waals surface area (Å²) in [6.45, 7) is 5.88. The Balaban J connectivity index is 1.68. The molecule has 0 aliphatic carbocycles. The van der Waals surface area contributed by atoms with E-state index in [1.54, 1.807) is 0 Å². The Hall–Kier alpha value is -2.42. The van der Waals surface area contributed by atoms with Gasteiger partial charge in [-0.25, -0.2) is 4.98 Å². The van der Waals surface area contributed by atoms with Gasteiger partial charge in [0.1, 0.15) is 17.5 Å². The van der Waals surface area contributed by atoms with Crippen LogP contribution < -0.4 is 5.32 Å². The molecule has 1 aliphatic rings. The average molecular weight is 324 g/mol. The molecule has 6 nitrogen and oxygen atoms in total. The van der Waals surface area contributed by atoms with Gasteiger partial charge in [-0.1, -0.05) is 13.8 Å². The first kappa shape index (κ1) is 16.4. The van der Waals surface area contributed by atoms with Crippen LogP contribution in [0.15, 0.2) is 6.20 Å². The zero-order chi connectivity index (χ0) is 16.9. The van der Waals surface area contributed by atoms with Crippen molar-refractivity contribution in [2.75, 3.05) is 11.9 Å². The highest BCUT2D eigenvalue weighted by Crippen LogP contribution is 2.20. The van der Waals surface area contributed by atoms with Crippen molar-refractivity contribution in [2.45, 2.75) is 58.9 Å². The number of nitrogens with one attached hydrogen (secondary N) is 1. The third-order valence-corrected chi connectivity index (χ3v) is 4.59. The second kappa shape index (κ2) is 7.43. The first-order valence-electron chi connectivity index (χ1n) is 8.84. The second-order valence-electron chi connectivity index (χ2n) is 6.14. The minimum atomic E-state index is 0.593. The van der Waals surface area contributed by atoms with Crippen LogP contribution in [0.1, 0.15) is 55.0 Å². The number of rotatable bonds is 6. The van der Waals surface area contributed by atoms with Gasteiger partial charge in [0.2, 0.25) is 0 Å². The lowest BCUT2D eigenvalue weighted by Crippen LogP contribution is -2.12. The van der Waals surface area contributed by atoms with Gasteiger partial charge in [-0.15, -0.1) is 5.10 Å². The van der Waals surface area contributed by atoms with E-state index in [0.717, 1.165) is 49.2 Å². The van der Waals surface area contributed by atoms with Crippen LogP contribution in [0.5, 0.6) is 0 Å². The molecular weight excluding hydrogens is 300 g/mol. The maximum atomic E-state index is 9.50. The normalized spacial score (nSPS) is 13.4. The van der Waals surface area contributed by atoms with Crippen molar-refractivity contribution in [1.82, 2.24) is 19.7 Å². The molecule has 1 aliphatic heterocycles. The van der Waals surface area contributed by atoms with E-state index in [0.29, 0.717) is 17.9 Å². The average Bonchev–Trinajstić information content (AvgIpc) is 3.03. The minimum absolute atomic E-state index is 0.593. The number of fused-ring (bicyclic) bond motifs is 1. The van der Waals surface area contributed by atoms with E-state index in [1.165, 1.54) is 18.7 Å². The molecule has 0 atom stereocenters. The van der Waals surface area contributed by atoms with E-state index >= 15 is 0 Å². The fraction of sp³-hybridized carbons (Fsp3) is 0.556. The molecule has 0 unspecified atom stereocenters. The number of hydrogen-bond acceptors (Lipinski definition) is 5. The summed E-state index contributed by atoms with van der Waals surface area (Å²) in [6.07, 6.45) is 8.13. The van der Waals surface area contributed by atoms with E-state index < -0.39 is 0 Å². The Morgan fingerprint density at radius 2 is 2.12 bits per heavy atom. The quantitative estimate of drug-likeness (QED) is 0.883. The highest BCUT2D eigenvalue weighted by atomic mass is 15.2. The highest BCUT2D eigenvalue weighted by molar-refractivity contribution is 5.56. The lowest BCUT2D eigenvalue weighted by molar-refractivity contribution is 0.522. The Morgan fingerprint density at radius 1 is 1.25 bits per heavy atom. The maximum absolute atomic E-state index is 9.50. The summed E-state index contributed by atoms with van der Waals surface area (Å²) >= 11 is 0. The van der Waals surface area contributed by atoms with Gasteiger partial charge in [-0.2, -0.15) is 10.4 Å². The van der Waals surface area contributed by atoms with Crippen molar-refractivity contribution in [2.24, 2.45) is 0 Å². The molecule has 0 bridgehead atoms. The monoisotopic (exact) mass is 324 g/mol. The number of aromatic nitrogens is 4. The summed E-state index contributed by atoms with van der Waals surface area (Å²) < 4.78 is 2.27. The predicted molar refractivity (Wildman–Crippen MR) is 92.9 cm³/mol. The smallest absolute Gasteiger partial charge is 0.166 e. The second-order valence-corrected chi connectivity index (χ2v) is 6.14. The summed E-state index contributed by atoms with van der Waals surface area (Å²) in [5.41, 5.74) is 3.66. The van der Waals surface area contributed by atoms with Crippen LogP contribution in [0.4, 0.5) is 5.82 Å². The fourth-order valence-electron chi connectivity index (χ4n) is 3.32. The zero-order valence-electron chi connectivity index (χ0n) is 14.5. The van der Waals surface area contributed by atoms with Gasteiger partial charge in [-0.05, 0) is 31.2 Å². The van der Waals surface area contributed by atoms with Crippen LogP contribution in [0.2, 0.25) is 0 Å². The molecule has 3 heterocycles. The molecule has 2 aromatic heterocycles. The van der Waals surface area contributed by atoms with Crippen LogP contribution >= 0.6 is 0 Å². The standard InChI is InChI=1S/C18H24N6/c1-3-14-15(11-19)18(23-22-16(14)4-2)20-9-8-13-12-24-10-6-5-7-17(24)21-13/h12H,3-10H2,1-2H3,(H,20,23). The van der Waals surface area contributed by atoms with Crippen molar-refractivity contribution in [1.29, 1.82) is 5.26 Å². The third kappa shape index (κ3) is 3.25. The van der Waals surface area contributed by atoms with Crippen molar-refractivity contribution in [3.05, 3.63) is 34.5 Å². The molecule has 0 saturated heterocycles. The van der Waals surface area contributed by atoms with E-state index in [1.807, 2.05) is 6.92 Å². The molecule has 24 heavy (non-hydrogen) atoms. The van der Waals surface area contributed by atoms with Crippen molar-refractivity contribution in [3.63, 3.8) is 0 Å². The molecule has 0 amide bonds. The summed E-state index contributed by atoms with van der Waals surface area (Å²) in [4.78, 5) is 4.71. The van der Waals surface area contributed by atoms with Crippen molar-refractivity contribution >= 4 is 5.82 Å². The lowest BCUT2D eigenvalue weighted by Gasteiger charge is -2.11. The summed E-state index contributed by atoms with van der Waals surface area (Å²) in [5, 5.41) is 21.3. The van der Waals surface area contributed by atoms with Crippen molar-refractivity contribution < 1.29 is 0 Å². The number of nitrogens with zero attached hydrogens (tertiary/aromatic N) is 5. The zero-order valence-corrected chi connectivity index (χ0v) is 14.5. The maximum Gasteiger partial charge on any atom is 0.166 e. The Morgan fingerprint density at radius 3 is 2.83 bits per heavy atom. The van der Waals surface area contributed by atoms with E-state index in [4.69, 9.17) is 4.98 Å². The first-order chi connectivity index (χ1) is 11.8. The first-order valence-corrected chi connectivity index (χ1v) is 8.84. The summed E-state index contributed by atoms with van der Waals surface area (Å²) in [5.74, 6) is 1.80. The van der Waals surface area contributed by atoms with Gasteiger partial charge in [0.05, 0.1) is 11.4 Å². The van der Waals surface area contributed by atoms with Gasteiger partial charge < -0.3 is 9.88 Å². The Labute approximate surface area is 142 Å². The molecule has 2 aromatic rings. The van der Waals surface area contributed by atoms with Gasteiger partial charge >= 0.3 is 0 Å². The van der Waals surface area contributed by atoms with E-state index in [-0.39, 0.29) is 0 Å². The summed E-state index contributed by atoms with van der Waals surface area (Å²) in [7, 11) is 0. The molecule has 6 heteroatoms. The van der Waals surface area contributed by atoms with E-state index in [9.17, 15) is 5.26 Å². The predicted octanol–water partition coefficient (Wildman–Crippen LogP) is 2.66. The Kier molecular flexibility index (Phi) is 5.09. The third-order valence-electron chi connectivity index (χ3n) is 4.59.